The van der Waals surface area contributed by atoms with E-state index in [2.05, 4.69) is 0 Å². The van der Waals surface area contributed by atoms with Crippen molar-refractivity contribution >= 4 is 23.2 Å². The van der Waals surface area contributed by atoms with Crippen LogP contribution in [0.4, 0.5) is 11.4 Å². The SMILES string of the molecule is CC=CC(O)C1C=CC2C(=O)N(C)C(=O)C2N1N(c1ccccc1)c1ccccc1. The van der Waals surface area contributed by atoms with Gasteiger partial charge in [-0.2, -0.15) is 5.01 Å². The minimum absolute atomic E-state index is 0.230. The number of fused-ring (bicyclic) bond motifs is 1. The summed E-state index contributed by atoms with van der Waals surface area (Å²) in [4.78, 5) is 27.1. The summed E-state index contributed by atoms with van der Waals surface area (Å²) in [5.41, 5.74) is 1.68. The average molecular weight is 403 g/mol. The number of benzene rings is 2. The first-order valence-electron chi connectivity index (χ1n) is 10.0. The molecule has 2 heterocycles. The van der Waals surface area contributed by atoms with Gasteiger partial charge < -0.3 is 5.11 Å². The third-order valence-electron chi connectivity index (χ3n) is 5.62. The first-order valence-corrected chi connectivity index (χ1v) is 10.0. The number of carbonyl (C=O) groups is 2. The van der Waals surface area contributed by atoms with Gasteiger partial charge in [-0.05, 0) is 31.2 Å². The minimum atomic E-state index is -0.851. The van der Waals surface area contributed by atoms with Crippen molar-refractivity contribution in [2.75, 3.05) is 12.1 Å². The normalized spacial score (nSPS) is 25.0. The molecule has 0 saturated carbocycles. The van der Waals surface area contributed by atoms with Crippen LogP contribution in [0.5, 0.6) is 0 Å². The van der Waals surface area contributed by atoms with Crippen molar-refractivity contribution in [3.63, 3.8) is 0 Å². The van der Waals surface area contributed by atoms with Gasteiger partial charge in [0, 0.05) is 7.05 Å². The molecule has 6 nitrogen and oxygen atoms in total. The van der Waals surface area contributed by atoms with E-state index in [0.717, 1.165) is 11.4 Å². The molecule has 2 aromatic carbocycles. The van der Waals surface area contributed by atoms with Crippen LogP contribution in [0.25, 0.3) is 0 Å². The molecule has 2 aliphatic heterocycles. The molecule has 2 amide bonds. The second-order valence-corrected chi connectivity index (χ2v) is 7.46. The number of para-hydroxylation sites is 2. The van der Waals surface area contributed by atoms with E-state index in [1.165, 1.54) is 11.9 Å². The Balaban J connectivity index is 1.91. The van der Waals surface area contributed by atoms with Gasteiger partial charge in [0.2, 0.25) is 11.8 Å². The van der Waals surface area contributed by atoms with E-state index in [0.29, 0.717) is 0 Å². The zero-order chi connectivity index (χ0) is 21.3. The lowest BCUT2D eigenvalue weighted by Crippen LogP contribution is -2.60. The van der Waals surface area contributed by atoms with Gasteiger partial charge >= 0.3 is 0 Å². The number of rotatable bonds is 5. The van der Waals surface area contributed by atoms with Gasteiger partial charge in [0.25, 0.3) is 0 Å². The number of carbonyl (C=O) groups excluding carboxylic acids is 2. The van der Waals surface area contributed by atoms with Gasteiger partial charge in [-0.15, -0.1) is 0 Å². The number of likely N-dealkylation sites (tertiary alicyclic amines) is 1. The molecule has 0 aliphatic carbocycles. The maximum Gasteiger partial charge on any atom is 0.249 e. The summed E-state index contributed by atoms with van der Waals surface area (Å²) in [5.74, 6) is -1.10. The van der Waals surface area contributed by atoms with Crippen molar-refractivity contribution in [3.05, 3.63) is 85.0 Å². The van der Waals surface area contributed by atoms with E-state index in [1.54, 1.807) is 18.2 Å². The molecule has 2 aliphatic rings. The number of likely N-dealkylation sites (N-methyl/N-ethyl adjacent to an activating group) is 1. The molecule has 4 rings (SSSR count). The van der Waals surface area contributed by atoms with Crippen LogP contribution < -0.4 is 5.01 Å². The highest BCUT2D eigenvalue weighted by Gasteiger charge is 2.53. The third-order valence-corrected chi connectivity index (χ3v) is 5.62. The Hall–Kier alpha value is -3.22. The number of aliphatic hydroxyl groups excluding tert-OH is 1. The molecule has 4 unspecified atom stereocenters. The molecule has 0 bridgehead atoms. The lowest BCUT2D eigenvalue weighted by Gasteiger charge is -2.47. The number of anilines is 2. The minimum Gasteiger partial charge on any atom is -0.387 e. The van der Waals surface area contributed by atoms with Gasteiger partial charge in [-0.25, -0.2) is 0 Å². The number of nitrogens with zero attached hydrogens (tertiary/aromatic N) is 3. The number of amides is 2. The van der Waals surface area contributed by atoms with E-state index in [1.807, 2.05) is 83.7 Å². The van der Waals surface area contributed by atoms with Crippen LogP contribution in [0.2, 0.25) is 0 Å². The van der Waals surface area contributed by atoms with Crippen molar-refractivity contribution in [2.24, 2.45) is 5.92 Å². The largest absolute Gasteiger partial charge is 0.387 e. The molecule has 2 aromatic rings. The van der Waals surface area contributed by atoms with E-state index in [4.69, 9.17) is 0 Å². The molecule has 0 radical (unpaired) electrons. The highest BCUT2D eigenvalue weighted by Crippen LogP contribution is 2.38. The smallest absolute Gasteiger partial charge is 0.249 e. The summed E-state index contributed by atoms with van der Waals surface area (Å²) >= 11 is 0. The number of allylic oxidation sites excluding steroid dienone is 1. The van der Waals surface area contributed by atoms with Crippen molar-refractivity contribution in [1.82, 2.24) is 9.91 Å². The summed E-state index contributed by atoms with van der Waals surface area (Å²) in [5, 5.41) is 14.7. The number of hydrogen-bond acceptors (Lipinski definition) is 5. The van der Waals surface area contributed by atoms with E-state index >= 15 is 0 Å². The Morgan fingerprint density at radius 3 is 2.03 bits per heavy atom. The van der Waals surface area contributed by atoms with Gasteiger partial charge in [-0.1, -0.05) is 60.7 Å². The number of hydrazine groups is 1. The van der Waals surface area contributed by atoms with E-state index in [9.17, 15) is 14.7 Å². The van der Waals surface area contributed by atoms with Crippen LogP contribution in [-0.4, -0.2) is 52.1 Å². The van der Waals surface area contributed by atoms with Crippen LogP contribution in [0.3, 0.4) is 0 Å². The van der Waals surface area contributed by atoms with Crippen molar-refractivity contribution in [1.29, 1.82) is 0 Å². The number of hydrogen-bond donors (Lipinski definition) is 1. The Kier molecular flexibility index (Phi) is 5.53. The van der Waals surface area contributed by atoms with Crippen molar-refractivity contribution in [2.45, 2.75) is 25.1 Å². The summed E-state index contributed by atoms with van der Waals surface area (Å²) in [6.07, 6.45) is 6.22. The van der Waals surface area contributed by atoms with E-state index in [-0.39, 0.29) is 11.8 Å². The fourth-order valence-electron chi connectivity index (χ4n) is 4.18. The molecule has 30 heavy (non-hydrogen) atoms. The quantitative estimate of drug-likeness (QED) is 0.614. The van der Waals surface area contributed by atoms with Crippen LogP contribution in [-0.2, 0) is 9.59 Å². The fourth-order valence-corrected chi connectivity index (χ4v) is 4.18. The van der Waals surface area contributed by atoms with Crippen molar-refractivity contribution < 1.29 is 14.7 Å². The first kappa shape index (κ1) is 20.1. The standard InChI is InChI=1S/C24H25N3O3/c1-3-10-21(28)20-16-15-19-22(24(30)25(2)23(19)29)27(20)26(17-11-6-4-7-12-17)18-13-8-5-9-14-18/h3-16,19-22,28H,1-2H3. The number of aliphatic hydroxyl groups is 1. The molecule has 0 spiro atoms. The third kappa shape index (κ3) is 3.34. The molecule has 4 atom stereocenters. The van der Waals surface area contributed by atoms with Gasteiger partial charge in [0.05, 0.1) is 29.4 Å². The summed E-state index contributed by atoms with van der Waals surface area (Å²) < 4.78 is 0. The highest BCUT2D eigenvalue weighted by molar-refractivity contribution is 6.08. The van der Waals surface area contributed by atoms with Crippen LogP contribution in [0.15, 0.2) is 85.0 Å². The zero-order valence-corrected chi connectivity index (χ0v) is 17.0. The maximum atomic E-state index is 13.2. The molecule has 0 aromatic heterocycles. The molecule has 154 valence electrons. The molecular formula is C24H25N3O3. The van der Waals surface area contributed by atoms with Crippen LogP contribution in [0, 0.1) is 5.92 Å². The van der Waals surface area contributed by atoms with E-state index < -0.39 is 24.1 Å². The highest BCUT2D eigenvalue weighted by atomic mass is 16.3. The summed E-state index contributed by atoms with van der Waals surface area (Å²) in [7, 11) is 1.52. The lowest BCUT2D eigenvalue weighted by atomic mass is 9.92. The van der Waals surface area contributed by atoms with Gasteiger partial charge in [-0.3, -0.25) is 19.5 Å². The van der Waals surface area contributed by atoms with Crippen LogP contribution >= 0.6 is 0 Å². The Morgan fingerprint density at radius 1 is 0.933 bits per heavy atom. The molecule has 6 heteroatoms. The summed E-state index contributed by atoms with van der Waals surface area (Å²) in [6.45, 7) is 1.84. The second-order valence-electron chi connectivity index (χ2n) is 7.46. The number of imide groups is 1. The monoisotopic (exact) mass is 403 g/mol. The topological polar surface area (TPSA) is 64.1 Å². The zero-order valence-electron chi connectivity index (χ0n) is 17.0. The fraction of sp³-hybridized carbons (Fsp3) is 0.250. The first-order chi connectivity index (χ1) is 14.5. The van der Waals surface area contributed by atoms with Gasteiger partial charge in [0.1, 0.15) is 6.04 Å². The molecule has 1 N–H and O–H groups in total. The van der Waals surface area contributed by atoms with Crippen molar-refractivity contribution in [3.8, 4) is 0 Å². The maximum absolute atomic E-state index is 13.2. The average Bonchev–Trinajstić information content (AvgIpc) is 3.00. The lowest BCUT2D eigenvalue weighted by molar-refractivity contribution is -0.138. The second kappa shape index (κ2) is 8.26. The predicted octanol–water partition coefficient (Wildman–Crippen LogP) is 2.90. The Morgan fingerprint density at radius 2 is 1.50 bits per heavy atom. The molecular weight excluding hydrogens is 378 g/mol. The Bertz CT molecular complexity index is 934. The predicted molar refractivity (Wildman–Crippen MR) is 116 cm³/mol. The molecule has 1 saturated heterocycles. The van der Waals surface area contributed by atoms with Gasteiger partial charge in [0.15, 0.2) is 0 Å². The summed E-state index contributed by atoms with van der Waals surface area (Å²) in [6, 6.07) is 18.1. The Labute approximate surface area is 176 Å². The molecule has 1 fully saturated rings. The van der Waals surface area contributed by atoms with Crippen LogP contribution in [0.1, 0.15) is 6.92 Å².